The summed E-state index contributed by atoms with van der Waals surface area (Å²) in [5.74, 6) is -0.860. The monoisotopic (exact) mass is 451 g/mol. The molecule has 0 saturated heterocycles. The molecule has 3 aromatic rings. The minimum atomic E-state index is -3.71. The molecule has 31 heavy (non-hydrogen) atoms. The van der Waals surface area contributed by atoms with E-state index in [9.17, 15) is 22.0 Å². The Balaban J connectivity index is 1.79. The Morgan fingerprint density at radius 3 is 2.39 bits per heavy atom. The van der Waals surface area contributed by atoms with E-state index in [1.807, 2.05) is 6.92 Å². The quantitative estimate of drug-likeness (QED) is 0.512. The van der Waals surface area contributed by atoms with E-state index in [2.05, 4.69) is 9.71 Å². The molecule has 1 aromatic heterocycles. The van der Waals surface area contributed by atoms with Crippen LogP contribution in [0.4, 0.5) is 8.78 Å². The molecule has 1 N–H and O–H groups in total. The zero-order chi connectivity index (χ0) is 22.8. The van der Waals surface area contributed by atoms with Crippen LogP contribution in [-0.4, -0.2) is 30.0 Å². The van der Waals surface area contributed by atoms with Gasteiger partial charge in [-0.25, -0.2) is 22.9 Å². The topological polar surface area (TPSA) is 90.3 Å². The lowest BCUT2D eigenvalue weighted by Crippen LogP contribution is -2.32. The minimum Gasteiger partial charge on any atom is -0.451 e. The van der Waals surface area contributed by atoms with Crippen LogP contribution in [0.2, 0.25) is 0 Å². The van der Waals surface area contributed by atoms with Crippen molar-refractivity contribution in [2.75, 3.05) is 0 Å². The molecule has 166 valence electrons. The Labute approximate surface area is 179 Å². The van der Waals surface area contributed by atoms with Gasteiger partial charge in [0.2, 0.25) is 10.0 Å². The number of hydrogen-bond acceptors (Lipinski definition) is 5. The first-order chi connectivity index (χ1) is 14.6. The van der Waals surface area contributed by atoms with Crippen molar-refractivity contribution in [3.63, 3.8) is 0 Å². The molecule has 7 nitrogen and oxygen atoms in total. The number of halogens is 2. The standard InChI is InChI=1S/C21H23F2N3O4S/c1-4-13(2)25-31(28,29)16-11-9-15(10-12-16)20(27)30-14(3)19-24-17-7-5-6-8-18(17)26(19)21(22)23/h5-14,21,25H,4H2,1-3H3. The van der Waals surface area contributed by atoms with E-state index in [-0.39, 0.29) is 27.8 Å². The van der Waals surface area contributed by atoms with Gasteiger partial charge in [0.1, 0.15) is 0 Å². The predicted octanol–water partition coefficient (Wildman–Crippen LogP) is 4.43. The first-order valence-electron chi connectivity index (χ1n) is 9.72. The van der Waals surface area contributed by atoms with Crippen molar-refractivity contribution in [1.82, 2.24) is 14.3 Å². The summed E-state index contributed by atoms with van der Waals surface area (Å²) in [6.45, 7) is 2.20. The Hall–Kier alpha value is -2.85. The van der Waals surface area contributed by atoms with Gasteiger partial charge in [-0.2, -0.15) is 8.78 Å². The molecule has 10 heteroatoms. The van der Waals surface area contributed by atoms with Crippen molar-refractivity contribution in [2.45, 2.75) is 50.8 Å². The summed E-state index contributed by atoms with van der Waals surface area (Å²) in [5, 5.41) is 0. The number of rotatable bonds is 8. The van der Waals surface area contributed by atoms with E-state index >= 15 is 0 Å². The predicted molar refractivity (Wildman–Crippen MR) is 111 cm³/mol. The normalized spacial score (nSPS) is 14.0. The minimum absolute atomic E-state index is 0.0110. The van der Waals surface area contributed by atoms with Gasteiger partial charge in [0.05, 0.1) is 21.5 Å². The van der Waals surface area contributed by atoms with Crippen molar-refractivity contribution >= 4 is 27.0 Å². The number of imidazole rings is 1. The molecule has 0 aliphatic heterocycles. The molecule has 2 atom stereocenters. The van der Waals surface area contributed by atoms with Gasteiger partial charge < -0.3 is 4.74 Å². The molecule has 0 amide bonds. The third-order valence-corrected chi connectivity index (χ3v) is 6.44. The second-order valence-electron chi connectivity index (χ2n) is 7.11. The largest absolute Gasteiger partial charge is 0.451 e. The Morgan fingerprint density at radius 1 is 1.13 bits per heavy atom. The number of esters is 1. The molecule has 1 heterocycles. The van der Waals surface area contributed by atoms with Crippen LogP contribution in [-0.2, 0) is 14.8 Å². The third kappa shape index (κ3) is 4.91. The first-order valence-corrected chi connectivity index (χ1v) is 11.2. The molecule has 3 rings (SSSR count). The maximum absolute atomic E-state index is 13.6. The molecular formula is C21H23F2N3O4S. The number of carbonyl (C=O) groups excluding carboxylic acids is 1. The fourth-order valence-corrected chi connectivity index (χ4v) is 4.35. The van der Waals surface area contributed by atoms with Crippen LogP contribution < -0.4 is 4.72 Å². The highest BCUT2D eigenvalue weighted by molar-refractivity contribution is 7.89. The summed E-state index contributed by atoms with van der Waals surface area (Å²) in [6, 6.07) is 11.4. The van der Waals surface area contributed by atoms with Crippen LogP contribution in [0.5, 0.6) is 0 Å². The van der Waals surface area contributed by atoms with Crippen LogP contribution >= 0.6 is 0 Å². The molecule has 2 aromatic carbocycles. The fourth-order valence-electron chi connectivity index (χ4n) is 3.02. The lowest BCUT2D eigenvalue weighted by atomic mass is 10.2. The number of nitrogens with zero attached hydrogens (tertiary/aromatic N) is 2. The zero-order valence-electron chi connectivity index (χ0n) is 17.2. The summed E-state index contributed by atoms with van der Waals surface area (Å²) >= 11 is 0. The highest BCUT2D eigenvalue weighted by atomic mass is 32.2. The maximum Gasteiger partial charge on any atom is 0.338 e. The maximum atomic E-state index is 13.6. The zero-order valence-corrected chi connectivity index (χ0v) is 18.1. The average Bonchev–Trinajstić information content (AvgIpc) is 3.13. The molecule has 0 radical (unpaired) electrons. The number of alkyl halides is 2. The van der Waals surface area contributed by atoms with Gasteiger partial charge in [-0.15, -0.1) is 0 Å². The van der Waals surface area contributed by atoms with Gasteiger partial charge in [-0.3, -0.25) is 4.57 Å². The van der Waals surface area contributed by atoms with Gasteiger partial charge in [0.15, 0.2) is 11.9 Å². The molecule has 2 unspecified atom stereocenters. The van der Waals surface area contributed by atoms with E-state index in [1.165, 1.54) is 37.3 Å². The lowest BCUT2D eigenvalue weighted by Gasteiger charge is -2.15. The second-order valence-corrected chi connectivity index (χ2v) is 8.82. The number of aromatic nitrogens is 2. The summed E-state index contributed by atoms with van der Waals surface area (Å²) in [6.07, 6.45) is -0.422. The Kier molecular flexibility index (Phi) is 6.71. The number of para-hydroxylation sites is 2. The van der Waals surface area contributed by atoms with Gasteiger partial charge in [-0.05, 0) is 56.7 Å². The fraction of sp³-hybridized carbons (Fsp3) is 0.333. The Morgan fingerprint density at radius 2 is 1.77 bits per heavy atom. The number of ether oxygens (including phenoxy) is 1. The van der Waals surface area contributed by atoms with E-state index in [1.54, 1.807) is 25.1 Å². The summed E-state index contributed by atoms with van der Waals surface area (Å²) < 4.78 is 60.4. The number of sulfonamides is 1. The number of benzene rings is 2. The van der Waals surface area contributed by atoms with Crippen molar-refractivity contribution in [3.8, 4) is 0 Å². The van der Waals surface area contributed by atoms with E-state index in [0.29, 0.717) is 11.9 Å². The van der Waals surface area contributed by atoms with Crippen molar-refractivity contribution in [3.05, 3.63) is 59.9 Å². The molecule has 0 aliphatic carbocycles. The highest BCUT2D eigenvalue weighted by Gasteiger charge is 2.25. The Bertz CT molecular complexity index is 1180. The molecule has 0 saturated carbocycles. The van der Waals surface area contributed by atoms with E-state index in [0.717, 1.165) is 4.57 Å². The molecular weight excluding hydrogens is 428 g/mol. The van der Waals surface area contributed by atoms with Gasteiger partial charge in [0, 0.05) is 6.04 Å². The second kappa shape index (κ2) is 9.11. The lowest BCUT2D eigenvalue weighted by molar-refractivity contribution is 0.0233. The van der Waals surface area contributed by atoms with Gasteiger partial charge in [0.25, 0.3) is 0 Å². The smallest absolute Gasteiger partial charge is 0.338 e. The van der Waals surface area contributed by atoms with E-state index < -0.39 is 28.6 Å². The van der Waals surface area contributed by atoms with Gasteiger partial charge >= 0.3 is 12.5 Å². The molecule has 0 fully saturated rings. The van der Waals surface area contributed by atoms with Crippen molar-refractivity contribution < 1.29 is 26.7 Å². The third-order valence-electron chi connectivity index (χ3n) is 4.83. The van der Waals surface area contributed by atoms with Crippen molar-refractivity contribution in [1.29, 1.82) is 0 Å². The number of carbonyl (C=O) groups is 1. The van der Waals surface area contributed by atoms with Crippen LogP contribution in [0.25, 0.3) is 11.0 Å². The first kappa shape index (κ1) is 22.8. The van der Waals surface area contributed by atoms with E-state index in [4.69, 9.17) is 4.74 Å². The van der Waals surface area contributed by atoms with Crippen LogP contribution in [0.15, 0.2) is 53.4 Å². The summed E-state index contributed by atoms with van der Waals surface area (Å²) in [5.41, 5.74) is 0.692. The summed E-state index contributed by atoms with van der Waals surface area (Å²) in [4.78, 5) is 16.7. The van der Waals surface area contributed by atoms with Crippen LogP contribution in [0.3, 0.4) is 0 Å². The van der Waals surface area contributed by atoms with Gasteiger partial charge in [-0.1, -0.05) is 19.1 Å². The molecule has 0 spiro atoms. The number of nitrogens with one attached hydrogen (secondary N) is 1. The molecule has 0 bridgehead atoms. The van der Waals surface area contributed by atoms with Crippen LogP contribution in [0, 0.1) is 0 Å². The van der Waals surface area contributed by atoms with Crippen LogP contribution in [0.1, 0.15) is 56.0 Å². The number of hydrogen-bond donors (Lipinski definition) is 1. The van der Waals surface area contributed by atoms with Crippen molar-refractivity contribution in [2.24, 2.45) is 0 Å². The summed E-state index contributed by atoms with van der Waals surface area (Å²) in [7, 11) is -3.71. The average molecular weight is 451 g/mol. The highest BCUT2D eigenvalue weighted by Crippen LogP contribution is 2.28. The SMILES string of the molecule is CCC(C)NS(=O)(=O)c1ccc(C(=O)OC(C)c2nc3ccccc3n2C(F)F)cc1. The number of fused-ring (bicyclic) bond motifs is 1. The molecule has 0 aliphatic rings.